The highest BCUT2D eigenvalue weighted by Crippen LogP contribution is 2.30. The Morgan fingerprint density at radius 1 is 1.14 bits per heavy atom. The van der Waals surface area contributed by atoms with Gasteiger partial charge in [-0.1, -0.05) is 35.3 Å². The topological polar surface area (TPSA) is 88.7 Å². The second kappa shape index (κ2) is 10.6. The molecule has 7 nitrogen and oxygen atoms in total. The predicted octanol–water partition coefficient (Wildman–Crippen LogP) is 3.94. The Labute approximate surface area is 226 Å². The molecule has 2 aliphatic rings. The Morgan fingerprint density at radius 3 is 2.56 bits per heavy atom. The van der Waals surface area contributed by atoms with Gasteiger partial charge in [0.15, 0.2) is 5.60 Å². The van der Waals surface area contributed by atoms with Crippen molar-refractivity contribution in [1.29, 1.82) is 0 Å². The number of aromatic amines is 1. The minimum Gasteiger partial charge on any atom is -0.380 e. The van der Waals surface area contributed by atoms with E-state index in [1.165, 1.54) is 6.92 Å². The van der Waals surface area contributed by atoms with Crippen molar-refractivity contribution in [3.8, 4) is 0 Å². The summed E-state index contributed by atoms with van der Waals surface area (Å²) in [6, 6.07) is 13.1. The number of hydrogen-bond acceptors (Lipinski definition) is 5. The summed E-state index contributed by atoms with van der Waals surface area (Å²) < 4.78 is 0. The number of rotatable bonds is 5. The Morgan fingerprint density at radius 2 is 1.86 bits per heavy atom. The largest absolute Gasteiger partial charge is 0.380 e. The molecule has 0 aliphatic carbocycles. The third-order valence-electron chi connectivity index (χ3n) is 7.18. The first kappa shape index (κ1) is 26.8. The lowest BCUT2D eigenvalue weighted by molar-refractivity contribution is -0.152. The quantitative estimate of drug-likeness (QED) is 0.449. The fraction of sp³-hybridized carbons (Fsp3) is 0.385. The van der Waals surface area contributed by atoms with E-state index in [2.05, 4.69) is 15.2 Å². The molecule has 3 N–H and O–H groups in total. The number of amides is 1. The Kier molecular flexibility index (Phi) is 7.92. The van der Waals surface area contributed by atoms with Gasteiger partial charge < -0.3 is 20.3 Å². The number of fused-ring (bicyclic) bond motifs is 1. The first-order chi connectivity index (χ1) is 16.7. The van der Waals surface area contributed by atoms with Crippen molar-refractivity contribution in [2.75, 3.05) is 31.5 Å². The van der Waals surface area contributed by atoms with Crippen LogP contribution in [0.1, 0.15) is 25.3 Å². The molecule has 0 bridgehead atoms. The molecule has 3 heterocycles. The number of anilines is 1. The molecule has 1 atom stereocenters. The summed E-state index contributed by atoms with van der Waals surface area (Å²) in [4.78, 5) is 31.9. The van der Waals surface area contributed by atoms with Crippen molar-refractivity contribution < 1.29 is 9.90 Å². The number of pyridine rings is 1. The highest BCUT2D eigenvalue weighted by Gasteiger charge is 2.40. The Hall–Kier alpha value is -2.23. The average molecular weight is 550 g/mol. The van der Waals surface area contributed by atoms with Crippen LogP contribution in [0.4, 0.5) is 5.69 Å². The normalized spacial score (nSPS) is 18.8. The Balaban J connectivity index is 0.00000304. The second-order valence-corrected chi connectivity index (χ2v) is 10.5. The number of aromatic nitrogens is 1. The lowest BCUT2D eigenvalue weighted by Gasteiger charge is -2.48. The summed E-state index contributed by atoms with van der Waals surface area (Å²) in [5, 5.41) is 16.7. The highest BCUT2D eigenvalue weighted by atomic mass is 35.5. The van der Waals surface area contributed by atoms with E-state index < -0.39 is 5.60 Å². The smallest absolute Gasteiger partial charge is 0.258 e. The van der Waals surface area contributed by atoms with Gasteiger partial charge in [0.2, 0.25) is 0 Å². The van der Waals surface area contributed by atoms with Crippen LogP contribution in [0, 0.1) is 0 Å². The van der Waals surface area contributed by atoms with Crippen LogP contribution in [0.3, 0.4) is 0 Å². The van der Waals surface area contributed by atoms with E-state index in [1.807, 2.05) is 12.1 Å². The molecule has 2 aliphatic heterocycles. The molecule has 2 fully saturated rings. The zero-order valence-corrected chi connectivity index (χ0v) is 22.4. The number of carbonyl (C=O) groups is 1. The molecule has 1 aromatic heterocycles. The van der Waals surface area contributed by atoms with Gasteiger partial charge in [-0.2, -0.15) is 13.5 Å². The lowest BCUT2D eigenvalue weighted by Crippen LogP contribution is -2.61. The van der Waals surface area contributed by atoms with Gasteiger partial charge in [0.1, 0.15) is 0 Å². The van der Waals surface area contributed by atoms with Crippen molar-refractivity contribution in [3.63, 3.8) is 0 Å². The number of piperidine rings is 1. The maximum Gasteiger partial charge on any atom is 0.258 e. The molecule has 0 unspecified atom stereocenters. The third-order valence-corrected chi connectivity index (χ3v) is 7.71. The van der Waals surface area contributed by atoms with E-state index >= 15 is 0 Å². The van der Waals surface area contributed by atoms with Crippen LogP contribution < -0.4 is 10.9 Å². The Bertz CT molecular complexity index is 1320. The number of aliphatic hydroxyl groups is 1. The van der Waals surface area contributed by atoms with Crippen LogP contribution in [-0.2, 0) is 10.4 Å². The minimum absolute atomic E-state index is 0. The van der Waals surface area contributed by atoms with Crippen molar-refractivity contribution in [3.05, 3.63) is 74.6 Å². The van der Waals surface area contributed by atoms with Gasteiger partial charge >= 0.3 is 0 Å². The van der Waals surface area contributed by atoms with E-state index in [-0.39, 0.29) is 25.0 Å². The van der Waals surface area contributed by atoms with Crippen LogP contribution >= 0.6 is 36.7 Å². The summed E-state index contributed by atoms with van der Waals surface area (Å²) >= 11 is 12.4. The summed E-state index contributed by atoms with van der Waals surface area (Å²) in [6.07, 6.45) is 3.37. The molecular formula is C26H30Cl2N4O3S. The van der Waals surface area contributed by atoms with Gasteiger partial charge in [0.05, 0.1) is 16.5 Å². The van der Waals surface area contributed by atoms with Gasteiger partial charge in [0, 0.05) is 49.1 Å². The average Bonchev–Trinajstić information content (AvgIpc) is 2.80. The van der Waals surface area contributed by atoms with Crippen molar-refractivity contribution in [1.82, 2.24) is 14.8 Å². The molecule has 2 saturated heterocycles. The standard InChI is InChI=1S/C26H28Cl2N4O3.H2S/c1-26(35,17-3-2-4-18(27)12-17)25(34)31-9-6-21(7-10-31)32-14-20(15-32)30-19-11-16-5-8-29-24(33)23(16)22(28)13-19;/h2-5,8,11-13,20-21,30,35H,6-7,9-10,14-15H2,1H3,(H,29,33);1H2/t26-;/m0./s1. The second-order valence-electron chi connectivity index (χ2n) is 9.63. The molecule has 10 heteroatoms. The maximum atomic E-state index is 13.1. The van der Waals surface area contributed by atoms with Gasteiger partial charge in [-0.25, -0.2) is 0 Å². The molecular weight excluding hydrogens is 519 g/mol. The first-order valence-corrected chi connectivity index (χ1v) is 12.6. The van der Waals surface area contributed by atoms with Crippen LogP contribution in [-0.4, -0.2) is 64.1 Å². The van der Waals surface area contributed by atoms with E-state index in [1.54, 1.807) is 41.4 Å². The van der Waals surface area contributed by atoms with Gasteiger partial charge in [-0.3, -0.25) is 14.5 Å². The maximum absolute atomic E-state index is 13.1. The molecule has 0 spiro atoms. The number of nitrogens with zero attached hydrogens (tertiary/aromatic N) is 2. The number of nitrogens with one attached hydrogen (secondary N) is 2. The van der Waals surface area contributed by atoms with Crippen molar-refractivity contribution in [2.24, 2.45) is 0 Å². The monoisotopic (exact) mass is 548 g/mol. The molecule has 5 rings (SSSR count). The summed E-state index contributed by atoms with van der Waals surface area (Å²) in [7, 11) is 0. The van der Waals surface area contributed by atoms with Gasteiger partial charge in [0.25, 0.3) is 11.5 Å². The number of benzene rings is 2. The molecule has 0 radical (unpaired) electrons. The zero-order chi connectivity index (χ0) is 24.7. The molecule has 2 aromatic carbocycles. The fourth-order valence-corrected chi connectivity index (χ4v) is 5.66. The summed E-state index contributed by atoms with van der Waals surface area (Å²) in [5.74, 6) is -0.284. The van der Waals surface area contributed by atoms with Crippen molar-refractivity contribution >= 4 is 59.1 Å². The molecule has 0 saturated carbocycles. The third kappa shape index (κ3) is 5.24. The van der Waals surface area contributed by atoms with Crippen molar-refractivity contribution in [2.45, 2.75) is 37.5 Å². The number of likely N-dealkylation sites (tertiary alicyclic amines) is 2. The summed E-state index contributed by atoms with van der Waals surface area (Å²) in [5.41, 5.74) is -0.378. The summed E-state index contributed by atoms with van der Waals surface area (Å²) in [6.45, 7) is 4.58. The number of H-pyrrole nitrogens is 1. The molecule has 3 aromatic rings. The number of halogens is 2. The zero-order valence-electron chi connectivity index (χ0n) is 19.9. The highest BCUT2D eigenvalue weighted by molar-refractivity contribution is 7.59. The molecule has 192 valence electrons. The lowest BCUT2D eigenvalue weighted by atomic mass is 9.92. The van der Waals surface area contributed by atoms with Crippen LogP contribution in [0.25, 0.3) is 10.8 Å². The van der Waals surface area contributed by atoms with Gasteiger partial charge in [-0.05, 0) is 61.0 Å². The fourth-order valence-electron chi connectivity index (χ4n) is 5.16. The minimum atomic E-state index is -1.60. The first-order valence-electron chi connectivity index (χ1n) is 11.8. The van der Waals surface area contributed by atoms with Crippen LogP contribution in [0.2, 0.25) is 10.0 Å². The molecule has 1 amide bonds. The van der Waals surface area contributed by atoms with E-state index in [9.17, 15) is 14.7 Å². The van der Waals surface area contributed by atoms with E-state index in [0.717, 1.165) is 37.0 Å². The predicted molar refractivity (Wildman–Crippen MR) is 150 cm³/mol. The van der Waals surface area contributed by atoms with Crippen LogP contribution in [0.15, 0.2) is 53.5 Å². The van der Waals surface area contributed by atoms with Crippen LogP contribution in [0.5, 0.6) is 0 Å². The number of carbonyl (C=O) groups excluding carboxylic acids is 1. The molecule has 36 heavy (non-hydrogen) atoms. The van der Waals surface area contributed by atoms with E-state index in [0.29, 0.717) is 46.2 Å². The SMILES string of the molecule is C[C@@](O)(C(=O)N1CCC(N2CC(Nc3cc(Cl)c4c(=O)[nH]ccc4c3)C2)CC1)c1cccc(Cl)c1.S. The van der Waals surface area contributed by atoms with Gasteiger partial charge in [-0.15, -0.1) is 0 Å². The van der Waals surface area contributed by atoms with E-state index in [4.69, 9.17) is 23.2 Å². The number of hydrogen-bond donors (Lipinski definition) is 3.